The Morgan fingerprint density at radius 3 is 2.44 bits per heavy atom. The van der Waals surface area contributed by atoms with Crippen molar-refractivity contribution in [1.82, 2.24) is 5.01 Å². The molecule has 2 bridgehead atoms. The van der Waals surface area contributed by atoms with E-state index in [-0.39, 0.29) is 35.5 Å². The lowest BCUT2D eigenvalue weighted by Crippen LogP contribution is -2.28. The molecule has 3 aliphatic rings. The number of amides is 2. The number of hydrogen-bond acceptors (Lipinski definition) is 5. The van der Waals surface area contributed by atoms with Gasteiger partial charge in [-0.05, 0) is 42.9 Å². The number of anilines is 1. The minimum Gasteiger partial charge on any atom is -0.488 e. The van der Waals surface area contributed by atoms with Gasteiger partial charge in [0.25, 0.3) is 11.8 Å². The summed E-state index contributed by atoms with van der Waals surface area (Å²) in [6.45, 7) is 2.47. The number of rotatable bonds is 6. The Morgan fingerprint density at radius 2 is 1.78 bits per heavy atom. The van der Waals surface area contributed by atoms with Crippen LogP contribution in [0.4, 0.5) is 5.69 Å². The molecule has 2 amide bonds. The van der Waals surface area contributed by atoms with Crippen molar-refractivity contribution in [1.29, 1.82) is 0 Å². The molecular formula is C26H27N3O3. The van der Waals surface area contributed by atoms with Crippen molar-refractivity contribution < 1.29 is 14.3 Å². The molecule has 2 aliphatic carbocycles. The molecule has 1 heterocycles. The highest BCUT2D eigenvalue weighted by atomic mass is 16.5. The molecule has 5 rings (SSSR count). The molecule has 0 spiro atoms. The third-order valence-corrected chi connectivity index (χ3v) is 6.75. The van der Waals surface area contributed by atoms with Gasteiger partial charge in [0.15, 0.2) is 0 Å². The van der Waals surface area contributed by atoms with Crippen molar-refractivity contribution in [2.24, 2.45) is 28.8 Å². The van der Waals surface area contributed by atoms with Gasteiger partial charge in [-0.25, -0.2) is 0 Å². The van der Waals surface area contributed by atoms with Crippen LogP contribution in [0.5, 0.6) is 5.75 Å². The first-order valence-electron chi connectivity index (χ1n) is 11.0. The molecule has 6 nitrogen and oxygen atoms in total. The van der Waals surface area contributed by atoms with Gasteiger partial charge in [0.2, 0.25) is 0 Å². The van der Waals surface area contributed by atoms with E-state index >= 15 is 0 Å². The zero-order valence-corrected chi connectivity index (χ0v) is 18.6. The molecule has 1 saturated carbocycles. The van der Waals surface area contributed by atoms with Crippen LogP contribution in [0.2, 0.25) is 0 Å². The molecule has 2 aromatic carbocycles. The van der Waals surface area contributed by atoms with Crippen LogP contribution < -0.4 is 9.64 Å². The van der Waals surface area contributed by atoms with Crippen LogP contribution in [0.3, 0.4) is 0 Å². The Morgan fingerprint density at radius 1 is 1.06 bits per heavy atom. The Labute approximate surface area is 188 Å². The Kier molecular flexibility index (Phi) is 5.08. The lowest BCUT2D eigenvalue weighted by molar-refractivity contribution is -0.140. The van der Waals surface area contributed by atoms with E-state index in [2.05, 4.69) is 36.3 Å². The van der Waals surface area contributed by atoms with Gasteiger partial charge in [-0.3, -0.25) is 9.59 Å². The fourth-order valence-corrected chi connectivity index (χ4v) is 5.12. The molecule has 0 N–H and O–H groups in total. The van der Waals surface area contributed by atoms with Crippen LogP contribution in [-0.4, -0.2) is 37.1 Å². The molecule has 2 aromatic rings. The second kappa shape index (κ2) is 7.93. The van der Waals surface area contributed by atoms with Gasteiger partial charge in [-0.2, -0.15) is 10.1 Å². The number of benzene rings is 2. The predicted octanol–water partition coefficient (Wildman–Crippen LogP) is 3.78. The second-order valence-electron chi connectivity index (χ2n) is 9.13. The van der Waals surface area contributed by atoms with Crippen LogP contribution in [0.15, 0.2) is 59.7 Å². The summed E-state index contributed by atoms with van der Waals surface area (Å²) in [5.74, 6) is 0.150. The van der Waals surface area contributed by atoms with E-state index in [9.17, 15) is 9.59 Å². The zero-order valence-electron chi connectivity index (χ0n) is 18.6. The topological polar surface area (TPSA) is 62.2 Å². The molecule has 4 atom stereocenters. The molecule has 1 saturated heterocycles. The predicted molar refractivity (Wildman–Crippen MR) is 123 cm³/mol. The maximum absolute atomic E-state index is 12.9. The Bertz CT molecular complexity index is 1110. The van der Waals surface area contributed by atoms with Gasteiger partial charge < -0.3 is 9.64 Å². The molecule has 32 heavy (non-hydrogen) atoms. The average Bonchev–Trinajstić information content (AvgIpc) is 3.45. The average molecular weight is 430 g/mol. The van der Waals surface area contributed by atoms with Gasteiger partial charge in [0.1, 0.15) is 12.4 Å². The van der Waals surface area contributed by atoms with Crippen molar-refractivity contribution >= 4 is 23.7 Å². The van der Waals surface area contributed by atoms with Crippen LogP contribution in [0, 0.1) is 30.6 Å². The number of nitrogens with zero attached hydrogens (tertiary/aromatic N) is 3. The number of hydrazone groups is 1. The van der Waals surface area contributed by atoms with E-state index in [0.717, 1.165) is 28.2 Å². The van der Waals surface area contributed by atoms with E-state index in [1.54, 1.807) is 6.21 Å². The summed E-state index contributed by atoms with van der Waals surface area (Å²) in [4.78, 5) is 27.8. The third kappa shape index (κ3) is 3.49. The number of ether oxygens (including phenoxy) is 1. The first-order chi connectivity index (χ1) is 15.4. The molecule has 6 heteroatoms. The van der Waals surface area contributed by atoms with E-state index in [0.29, 0.717) is 12.4 Å². The number of imide groups is 1. The molecule has 0 aromatic heterocycles. The first-order valence-corrected chi connectivity index (χ1v) is 11.0. The quantitative estimate of drug-likeness (QED) is 0.398. The van der Waals surface area contributed by atoms with Gasteiger partial charge in [0.05, 0.1) is 18.1 Å². The molecule has 1 aliphatic heterocycles. The Hall–Kier alpha value is -3.41. The minimum atomic E-state index is -0.247. The summed E-state index contributed by atoms with van der Waals surface area (Å²) in [6.07, 6.45) is 6.65. The van der Waals surface area contributed by atoms with Crippen molar-refractivity contribution in [3.05, 3.63) is 71.3 Å². The van der Waals surface area contributed by atoms with E-state index in [4.69, 9.17) is 4.74 Å². The third-order valence-electron chi connectivity index (χ3n) is 6.75. The number of aryl methyl sites for hydroxylation is 1. The summed E-state index contributed by atoms with van der Waals surface area (Å²) in [6, 6.07) is 14.0. The monoisotopic (exact) mass is 429 g/mol. The lowest BCUT2D eigenvalue weighted by atomic mass is 9.85. The van der Waals surface area contributed by atoms with Crippen LogP contribution >= 0.6 is 0 Å². The molecule has 0 radical (unpaired) electrons. The number of carbonyl (C=O) groups is 2. The van der Waals surface area contributed by atoms with Gasteiger partial charge in [0, 0.05) is 31.4 Å². The molecule has 0 unspecified atom stereocenters. The SMILES string of the molecule is Cc1cccc(COc2cc(N(C)C)ccc2C=NN2C(=O)[C@@H]3[C@H](C2=O)[C@H]2C=C[C@H]3C2)c1. The smallest absolute Gasteiger partial charge is 0.254 e. The van der Waals surface area contributed by atoms with Crippen molar-refractivity contribution in [2.75, 3.05) is 19.0 Å². The summed E-state index contributed by atoms with van der Waals surface area (Å²) in [5.41, 5.74) is 3.97. The van der Waals surface area contributed by atoms with Gasteiger partial charge in [-0.1, -0.05) is 42.0 Å². The van der Waals surface area contributed by atoms with Crippen LogP contribution in [0.25, 0.3) is 0 Å². The van der Waals surface area contributed by atoms with Crippen molar-refractivity contribution in [3.63, 3.8) is 0 Å². The standard InChI is InChI=1S/C26H27N3O3/c1-16-5-4-6-17(11-16)15-32-22-13-21(28(2)3)10-9-20(22)14-27-29-25(30)23-18-7-8-19(12-18)24(23)26(29)31/h4-11,13-14,18-19,23-24H,12,15H2,1-3H3/t18-,19-,23-,24+/m0/s1. The van der Waals surface area contributed by atoms with E-state index in [1.807, 2.05) is 49.3 Å². The summed E-state index contributed by atoms with van der Waals surface area (Å²) in [7, 11) is 3.94. The van der Waals surface area contributed by atoms with Gasteiger partial charge >= 0.3 is 0 Å². The Balaban J connectivity index is 1.38. The highest BCUT2D eigenvalue weighted by molar-refractivity contribution is 6.07. The second-order valence-corrected chi connectivity index (χ2v) is 9.13. The molecule has 164 valence electrons. The number of allylic oxidation sites excluding steroid dienone is 2. The summed E-state index contributed by atoms with van der Waals surface area (Å²) < 4.78 is 6.14. The van der Waals surface area contributed by atoms with Gasteiger partial charge in [-0.15, -0.1) is 0 Å². The highest BCUT2D eigenvalue weighted by Gasteiger charge is 2.59. The van der Waals surface area contributed by atoms with Crippen molar-refractivity contribution in [2.45, 2.75) is 20.0 Å². The lowest BCUT2D eigenvalue weighted by Gasteiger charge is -2.17. The number of carbonyl (C=O) groups excluding carboxylic acids is 2. The van der Waals surface area contributed by atoms with Crippen LogP contribution in [0.1, 0.15) is 23.1 Å². The van der Waals surface area contributed by atoms with Crippen molar-refractivity contribution in [3.8, 4) is 5.75 Å². The first kappa shape index (κ1) is 20.5. The van der Waals surface area contributed by atoms with E-state index < -0.39 is 0 Å². The number of fused-ring (bicyclic) bond motifs is 5. The maximum Gasteiger partial charge on any atom is 0.254 e. The summed E-state index contributed by atoms with van der Waals surface area (Å²) >= 11 is 0. The minimum absolute atomic E-state index is 0.175. The van der Waals surface area contributed by atoms with E-state index in [1.165, 1.54) is 5.56 Å². The number of hydrogen-bond donors (Lipinski definition) is 0. The van der Waals surface area contributed by atoms with Crippen LogP contribution in [-0.2, 0) is 16.2 Å². The molecule has 2 fully saturated rings. The summed E-state index contributed by atoms with van der Waals surface area (Å²) in [5, 5.41) is 5.40. The maximum atomic E-state index is 12.9. The fourth-order valence-electron chi connectivity index (χ4n) is 5.12. The largest absolute Gasteiger partial charge is 0.488 e. The molecular weight excluding hydrogens is 402 g/mol. The zero-order chi connectivity index (χ0) is 22.4. The fraction of sp³-hybridized carbons (Fsp3) is 0.346. The normalized spacial score (nSPS) is 25.8. The highest BCUT2D eigenvalue weighted by Crippen LogP contribution is 2.52.